The summed E-state index contributed by atoms with van der Waals surface area (Å²) in [5.41, 5.74) is 3.74. The van der Waals surface area contributed by atoms with Crippen molar-refractivity contribution in [2.24, 2.45) is 7.05 Å². The van der Waals surface area contributed by atoms with Crippen molar-refractivity contribution in [3.63, 3.8) is 0 Å². The fraction of sp³-hybridized carbons (Fsp3) is 0.500. The molecule has 2 aliphatic carbocycles. The zero-order valence-corrected chi connectivity index (χ0v) is 22.4. The molecule has 0 aliphatic heterocycles. The third-order valence-electron chi connectivity index (χ3n) is 6.92. The maximum Gasteiger partial charge on any atom is 0.229 e. The molecular formula is C24H29N7O3S2. The lowest BCUT2D eigenvalue weighted by Gasteiger charge is -2.22. The number of anilines is 2. The normalized spacial score (nSPS) is 16.2. The van der Waals surface area contributed by atoms with E-state index in [-0.39, 0.29) is 10.1 Å². The number of nitrogens with zero attached hydrogens (tertiary/aromatic N) is 6. The highest BCUT2D eigenvalue weighted by molar-refractivity contribution is 7.92. The quantitative estimate of drug-likeness (QED) is 0.373. The highest BCUT2D eigenvalue weighted by Gasteiger charge is 2.42. The van der Waals surface area contributed by atoms with E-state index in [1.165, 1.54) is 6.26 Å². The summed E-state index contributed by atoms with van der Waals surface area (Å²) in [4.78, 5) is 29.4. The molecule has 0 saturated heterocycles. The number of aryl methyl sites for hydroxylation is 3. The van der Waals surface area contributed by atoms with Crippen molar-refractivity contribution in [1.29, 1.82) is 0 Å². The third kappa shape index (κ3) is 3.96. The Kier molecular flexibility index (Phi) is 5.38. The lowest BCUT2D eigenvalue weighted by molar-refractivity contribution is -0.131. The van der Waals surface area contributed by atoms with Gasteiger partial charge in [-0.15, -0.1) is 0 Å². The molecule has 2 fully saturated rings. The number of rotatable bonds is 8. The monoisotopic (exact) mass is 527 g/mol. The van der Waals surface area contributed by atoms with Crippen molar-refractivity contribution in [3.8, 4) is 0 Å². The number of amides is 1. The van der Waals surface area contributed by atoms with Gasteiger partial charge in [0.15, 0.2) is 20.8 Å². The van der Waals surface area contributed by atoms with Crippen LogP contribution in [0.2, 0.25) is 0 Å². The molecule has 0 atom stereocenters. The van der Waals surface area contributed by atoms with Gasteiger partial charge in [-0.3, -0.25) is 4.79 Å². The fourth-order valence-corrected chi connectivity index (χ4v) is 7.21. The second-order valence-electron chi connectivity index (χ2n) is 9.86. The Bertz CT molecular complexity index is 1610. The van der Waals surface area contributed by atoms with E-state index in [1.807, 2.05) is 11.6 Å². The molecular weight excluding hydrogens is 498 g/mol. The average Bonchev–Trinajstić information content (AvgIpc) is 3.72. The Balaban J connectivity index is 1.43. The number of carbonyl (C=O) groups is 1. The number of nitrogens with one attached hydrogen (secondary N) is 1. The van der Waals surface area contributed by atoms with Gasteiger partial charge in [0.2, 0.25) is 5.91 Å². The summed E-state index contributed by atoms with van der Waals surface area (Å²) in [6.45, 7) is 4.41. The SMILES string of the molecule is CCn1c(CC(=O)N(C2CC2)C2CC2)cc2c3c(ncn3C)c(Nc3nc(C)c(S(C)(=O)=O)s3)nc21. The zero-order valence-electron chi connectivity index (χ0n) is 20.8. The Morgan fingerprint density at radius 1 is 1.22 bits per heavy atom. The molecule has 1 N–H and O–H groups in total. The van der Waals surface area contributed by atoms with Crippen LogP contribution < -0.4 is 5.32 Å². The number of hydrogen-bond acceptors (Lipinski definition) is 8. The number of fused-ring (bicyclic) bond motifs is 3. The second-order valence-corrected chi connectivity index (χ2v) is 13.1. The largest absolute Gasteiger partial charge is 0.336 e. The molecule has 36 heavy (non-hydrogen) atoms. The molecule has 4 heterocycles. The molecule has 10 nitrogen and oxygen atoms in total. The topological polar surface area (TPSA) is 115 Å². The van der Waals surface area contributed by atoms with Crippen molar-refractivity contribution in [2.75, 3.05) is 11.6 Å². The van der Waals surface area contributed by atoms with E-state index in [0.29, 0.717) is 47.2 Å². The van der Waals surface area contributed by atoms with Gasteiger partial charge in [-0.1, -0.05) is 11.3 Å². The van der Waals surface area contributed by atoms with Gasteiger partial charge in [0.25, 0.3) is 0 Å². The smallest absolute Gasteiger partial charge is 0.229 e. The number of thiazole rings is 1. The van der Waals surface area contributed by atoms with Crippen LogP contribution in [0, 0.1) is 6.92 Å². The van der Waals surface area contributed by atoms with Crippen LogP contribution in [0.25, 0.3) is 22.1 Å². The van der Waals surface area contributed by atoms with Gasteiger partial charge in [-0.05, 0) is 45.6 Å². The minimum atomic E-state index is -3.37. The van der Waals surface area contributed by atoms with Crippen LogP contribution in [0.4, 0.5) is 10.9 Å². The summed E-state index contributed by atoms with van der Waals surface area (Å²) in [5, 5.41) is 4.61. The molecule has 1 amide bonds. The van der Waals surface area contributed by atoms with E-state index in [1.54, 1.807) is 13.3 Å². The minimum Gasteiger partial charge on any atom is -0.336 e. The number of pyridine rings is 1. The van der Waals surface area contributed by atoms with Crippen LogP contribution in [-0.2, 0) is 34.6 Å². The van der Waals surface area contributed by atoms with Crippen molar-refractivity contribution in [3.05, 3.63) is 23.8 Å². The second kappa shape index (κ2) is 8.27. The van der Waals surface area contributed by atoms with E-state index < -0.39 is 9.84 Å². The lowest BCUT2D eigenvalue weighted by Crippen LogP contribution is -2.36. The number of carbonyl (C=O) groups excluding carboxylic acids is 1. The van der Waals surface area contributed by atoms with E-state index in [2.05, 4.69) is 37.7 Å². The van der Waals surface area contributed by atoms with Crippen LogP contribution in [-0.4, -0.2) is 61.7 Å². The lowest BCUT2D eigenvalue weighted by atomic mass is 10.2. The Hall–Kier alpha value is -2.99. The van der Waals surface area contributed by atoms with Crippen molar-refractivity contribution < 1.29 is 13.2 Å². The molecule has 0 aromatic carbocycles. The first-order valence-electron chi connectivity index (χ1n) is 12.2. The first-order chi connectivity index (χ1) is 17.2. The predicted octanol–water partition coefficient (Wildman–Crippen LogP) is 3.55. The van der Waals surface area contributed by atoms with Gasteiger partial charge in [0.1, 0.15) is 15.4 Å². The Labute approximate surface area is 213 Å². The molecule has 12 heteroatoms. The van der Waals surface area contributed by atoms with Gasteiger partial charge in [-0.2, -0.15) is 0 Å². The highest BCUT2D eigenvalue weighted by Crippen LogP contribution is 2.39. The number of imidazole rings is 1. The van der Waals surface area contributed by atoms with E-state index in [9.17, 15) is 13.2 Å². The van der Waals surface area contributed by atoms with E-state index in [0.717, 1.165) is 59.3 Å². The van der Waals surface area contributed by atoms with Gasteiger partial charge in [-0.25, -0.2) is 23.4 Å². The third-order valence-corrected chi connectivity index (χ3v) is 9.92. The molecule has 0 bridgehead atoms. The van der Waals surface area contributed by atoms with E-state index in [4.69, 9.17) is 4.98 Å². The Morgan fingerprint density at radius 3 is 2.50 bits per heavy atom. The van der Waals surface area contributed by atoms with Crippen LogP contribution in [0.15, 0.2) is 16.6 Å². The van der Waals surface area contributed by atoms with Gasteiger partial charge < -0.3 is 19.4 Å². The minimum absolute atomic E-state index is 0.198. The predicted molar refractivity (Wildman–Crippen MR) is 140 cm³/mol. The zero-order chi connectivity index (χ0) is 25.4. The van der Waals surface area contributed by atoms with E-state index >= 15 is 0 Å². The van der Waals surface area contributed by atoms with Gasteiger partial charge in [0, 0.05) is 43.0 Å². The summed E-state index contributed by atoms with van der Waals surface area (Å²) in [6, 6.07) is 2.91. The summed E-state index contributed by atoms with van der Waals surface area (Å²) < 4.78 is 28.5. The first kappa shape index (κ1) is 23.4. The molecule has 2 saturated carbocycles. The fourth-order valence-electron chi connectivity index (χ4n) is 5.09. The standard InChI is InChI=1S/C24H29N7O3S2/c1-5-30-16(11-18(32)31(14-6-7-14)15-8-9-15)10-17-20-19(25-12-29(20)3)21(27-22(17)30)28-24-26-13(2)23(35-24)36(4,33)34/h10,12,14-15H,5-9,11H2,1-4H3,(H,26,27,28). The summed E-state index contributed by atoms with van der Waals surface area (Å²) >= 11 is 1.08. The summed E-state index contributed by atoms with van der Waals surface area (Å²) in [5.74, 6) is 0.707. The highest BCUT2D eigenvalue weighted by atomic mass is 32.2. The number of hydrogen-bond donors (Lipinski definition) is 1. The molecule has 4 aromatic rings. The summed E-state index contributed by atoms with van der Waals surface area (Å²) in [7, 11) is -1.44. The molecule has 0 spiro atoms. The van der Waals surface area contributed by atoms with Crippen LogP contribution >= 0.6 is 11.3 Å². The maximum absolute atomic E-state index is 13.3. The maximum atomic E-state index is 13.3. The summed E-state index contributed by atoms with van der Waals surface area (Å²) in [6.07, 6.45) is 7.73. The first-order valence-corrected chi connectivity index (χ1v) is 14.9. The molecule has 190 valence electrons. The average molecular weight is 528 g/mol. The van der Waals surface area contributed by atoms with Gasteiger partial charge >= 0.3 is 0 Å². The molecule has 0 radical (unpaired) electrons. The van der Waals surface area contributed by atoms with Gasteiger partial charge in [0.05, 0.1) is 24.0 Å². The molecule has 2 aliphatic rings. The van der Waals surface area contributed by atoms with Crippen molar-refractivity contribution in [2.45, 2.75) is 68.8 Å². The van der Waals surface area contributed by atoms with Crippen molar-refractivity contribution in [1.82, 2.24) is 29.0 Å². The van der Waals surface area contributed by atoms with Crippen molar-refractivity contribution >= 4 is 60.1 Å². The number of aromatic nitrogens is 5. The Morgan fingerprint density at radius 2 is 1.92 bits per heavy atom. The van der Waals surface area contributed by atoms with Crippen LogP contribution in [0.5, 0.6) is 0 Å². The number of sulfone groups is 1. The molecule has 6 rings (SSSR count). The molecule has 0 unspecified atom stereocenters. The molecule has 4 aromatic heterocycles. The van der Waals surface area contributed by atoms with Crippen LogP contribution in [0.1, 0.15) is 44.0 Å². The van der Waals surface area contributed by atoms with Crippen LogP contribution in [0.3, 0.4) is 0 Å².